The van der Waals surface area contributed by atoms with Crippen LogP contribution in [0.5, 0.6) is 5.75 Å². The van der Waals surface area contributed by atoms with E-state index in [0.717, 1.165) is 0 Å². The average Bonchev–Trinajstić information content (AvgIpc) is 2.26. The van der Waals surface area contributed by atoms with E-state index in [4.69, 9.17) is 0 Å². The van der Waals surface area contributed by atoms with Crippen molar-refractivity contribution in [1.29, 1.82) is 0 Å². The Kier molecular flexibility index (Phi) is 5.18. The van der Waals surface area contributed by atoms with Crippen LogP contribution in [0.25, 0.3) is 0 Å². The Balaban J connectivity index is 2.81. The van der Waals surface area contributed by atoms with E-state index in [1.807, 2.05) is 0 Å². The molecule has 1 aromatic carbocycles. The first kappa shape index (κ1) is 12.9. The van der Waals surface area contributed by atoms with Crippen LogP contribution in [-0.4, -0.2) is 24.4 Å². The molecule has 3 nitrogen and oxygen atoms in total. The van der Waals surface area contributed by atoms with Crippen LogP contribution >= 0.6 is 15.9 Å². The Bertz CT molecular complexity index is 360. The summed E-state index contributed by atoms with van der Waals surface area (Å²) < 4.78 is 28.3. The third-order valence-corrected chi connectivity index (χ3v) is 2.12. The van der Waals surface area contributed by atoms with Crippen molar-refractivity contribution in [2.75, 3.05) is 11.9 Å². The van der Waals surface area contributed by atoms with Gasteiger partial charge in [-0.05, 0) is 12.1 Å². The highest BCUT2D eigenvalue weighted by atomic mass is 79.9. The van der Waals surface area contributed by atoms with E-state index >= 15 is 0 Å². The molecule has 1 aromatic rings. The van der Waals surface area contributed by atoms with E-state index < -0.39 is 12.5 Å². The molecule has 0 unspecified atom stereocenters. The molecule has 0 heterocycles. The Hall–Kier alpha value is -1.17. The molecule has 0 radical (unpaired) electrons. The topological polar surface area (TPSA) is 38.3 Å². The summed E-state index contributed by atoms with van der Waals surface area (Å²) in [5.41, 5.74) is 0.101. The van der Waals surface area contributed by atoms with Crippen LogP contribution in [-0.2, 0) is 0 Å². The fourth-order valence-corrected chi connectivity index (χ4v) is 1.31. The van der Waals surface area contributed by atoms with Crippen molar-refractivity contribution < 1.29 is 18.3 Å². The maximum Gasteiger partial charge on any atom is 0.387 e. The molecule has 0 aromatic heterocycles. The van der Waals surface area contributed by atoms with Gasteiger partial charge in [-0.2, -0.15) is 8.78 Å². The van der Waals surface area contributed by atoms with Gasteiger partial charge in [-0.1, -0.05) is 28.1 Å². The van der Waals surface area contributed by atoms with Gasteiger partial charge in [0.05, 0.1) is 5.56 Å². The number of benzene rings is 1. The Labute approximate surface area is 99.9 Å². The molecule has 88 valence electrons. The second-order valence-corrected chi connectivity index (χ2v) is 3.61. The summed E-state index contributed by atoms with van der Waals surface area (Å²) in [5.74, 6) is -0.555. The number of para-hydroxylation sites is 1. The number of hydrogen-bond acceptors (Lipinski definition) is 2. The third-order valence-electron chi connectivity index (χ3n) is 1.73. The van der Waals surface area contributed by atoms with Gasteiger partial charge in [-0.25, -0.2) is 0 Å². The van der Waals surface area contributed by atoms with Crippen LogP contribution in [0.1, 0.15) is 10.4 Å². The zero-order chi connectivity index (χ0) is 12.0. The molecule has 6 heteroatoms. The molecule has 0 aliphatic rings. The van der Waals surface area contributed by atoms with Crippen molar-refractivity contribution in [3.63, 3.8) is 0 Å². The SMILES string of the molecule is O=C(NCCBr)c1ccccc1OC(F)F. The number of rotatable bonds is 5. The molecular formula is C10H10BrF2NO2. The second-order valence-electron chi connectivity index (χ2n) is 2.82. The highest BCUT2D eigenvalue weighted by molar-refractivity contribution is 9.09. The van der Waals surface area contributed by atoms with Gasteiger partial charge in [0, 0.05) is 11.9 Å². The van der Waals surface area contributed by atoms with Gasteiger partial charge < -0.3 is 10.1 Å². The van der Waals surface area contributed by atoms with Crippen LogP contribution in [0, 0.1) is 0 Å². The molecule has 0 aliphatic carbocycles. The predicted molar refractivity (Wildman–Crippen MR) is 59.2 cm³/mol. The standard InChI is InChI=1S/C10H10BrF2NO2/c11-5-6-14-9(15)7-3-1-2-4-8(7)16-10(12)13/h1-4,10H,5-6H2,(H,14,15). The first-order chi connectivity index (χ1) is 7.65. The van der Waals surface area contributed by atoms with E-state index in [9.17, 15) is 13.6 Å². The quantitative estimate of drug-likeness (QED) is 0.847. The number of hydrogen-bond donors (Lipinski definition) is 1. The highest BCUT2D eigenvalue weighted by Gasteiger charge is 2.14. The van der Waals surface area contributed by atoms with Gasteiger partial charge in [0.1, 0.15) is 5.75 Å². The fourth-order valence-electron chi connectivity index (χ4n) is 1.11. The average molecular weight is 294 g/mol. The molecular weight excluding hydrogens is 284 g/mol. The molecule has 16 heavy (non-hydrogen) atoms. The maximum absolute atomic E-state index is 12.1. The summed E-state index contributed by atoms with van der Waals surface area (Å²) in [5, 5.41) is 3.15. The summed E-state index contributed by atoms with van der Waals surface area (Å²) in [6.07, 6.45) is 0. The number of carbonyl (C=O) groups excluding carboxylic acids is 1. The van der Waals surface area contributed by atoms with E-state index in [1.54, 1.807) is 6.07 Å². The van der Waals surface area contributed by atoms with Crippen molar-refractivity contribution in [2.45, 2.75) is 6.61 Å². The number of halogens is 3. The van der Waals surface area contributed by atoms with Crippen molar-refractivity contribution in [1.82, 2.24) is 5.32 Å². The van der Waals surface area contributed by atoms with Crippen molar-refractivity contribution in [3.8, 4) is 5.75 Å². The summed E-state index contributed by atoms with van der Waals surface area (Å²) in [4.78, 5) is 11.5. The van der Waals surface area contributed by atoms with Gasteiger partial charge >= 0.3 is 6.61 Å². The number of nitrogens with one attached hydrogen (secondary N) is 1. The minimum atomic E-state index is -2.94. The molecule has 0 fully saturated rings. The molecule has 1 rings (SSSR count). The first-order valence-electron chi connectivity index (χ1n) is 4.53. The van der Waals surface area contributed by atoms with Crippen LogP contribution in [0.4, 0.5) is 8.78 Å². The second kappa shape index (κ2) is 6.42. The van der Waals surface area contributed by atoms with Crippen molar-refractivity contribution in [3.05, 3.63) is 29.8 Å². The first-order valence-corrected chi connectivity index (χ1v) is 5.65. The lowest BCUT2D eigenvalue weighted by Crippen LogP contribution is -2.25. The van der Waals surface area contributed by atoms with Gasteiger partial charge in [0.2, 0.25) is 0 Å². The molecule has 0 saturated heterocycles. The third kappa shape index (κ3) is 3.77. The zero-order valence-electron chi connectivity index (χ0n) is 8.25. The van der Waals surface area contributed by atoms with Gasteiger partial charge in [0.15, 0.2) is 0 Å². The number of ether oxygens (including phenoxy) is 1. The number of amides is 1. The van der Waals surface area contributed by atoms with Gasteiger partial charge in [-0.3, -0.25) is 4.79 Å². The minimum absolute atomic E-state index is 0.101. The monoisotopic (exact) mass is 293 g/mol. The van der Waals surface area contributed by atoms with Gasteiger partial charge in [0.25, 0.3) is 5.91 Å². The largest absolute Gasteiger partial charge is 0.434 e. The van der Waals surface area contributed by atoms with Crippen LogP contribution in [0.2, 0.25) is 0 Å². The lowest BCUT2D eigenvalue weighted by Gasteiger charge is -2.09. The fraction of sp³-hybridized carbons (Fsp3) is 0.300. The van der Waals surface area contributed by atoms with E-state index in [0.29, 0.717) is 11.9 Å². The molecule has 0 aliphatic heterocycles. The smallest absolute Gasteiger partial charge is 0.387 e. The normalized spacial score (nSPS) is 10.2. The van der Waals surface area contributed by atoms with E-state index in [2.05, 4.69) is 26.0 Å². The maximum atomic E-state index is 12.1. The molecule has 0 spiro atoms. The summed E-state index contributed by atoms with van der Waals surface area (Å²) in [6.45, 7) is -2.52. The van der Waals surface area contributed by atoms with Gasteiger partial charge in [-0.15, -0.1) is 0 Å². The lowest BCUT2D eigenvalue weighted by atomic mass is 10.2. The summed E-state index contributed by atoms with van der Waals surface area (Å²) in [7, 11) is 0. The molecule has 0 saturated carbocycles. The van der Waals surface area contributed by atoms with E-state index in [-0.39, 0.29) is 11.3 Å². The Morgan fingerprint density at radius 1 is 1.44 bits per heavy atom. The lowest BCUT2D eigenvalue weighted by molar-refractivity contribution is -0.0501. The Morgan fingerprint density at radius 2 is 2.12 bits per heavy atom. The minimum Gasteiger partial charge on any atom is -0.434 e. The van der Waals surface area contributed by atoms with Crippen molar-refractivity contribution in [2.24, 2.45) is 0 Å². The van der Waals surface area contributed by atoms with Crippen LogP contribution < -0.4 is 10.1 Å². The van der Waals surface area contributed by atoms with E-state index in [1.165, 1.54) is 18.2 Å². The summed E-state index contributed by atoms with van der Waals surface area (Å²) in [6, 6.07) is 5.87. The zero-order valence-corrected chi connectivity index (χ0v) is 9.84. The molecule has 1 N–H and O–H groups in total. The highest BCUT2D eigenvalue weighted by Crippen LogP contribution is 2.19. The summed E-state index contributed by atoms with van der Waals surface area (Å²) >= 11 is 3.14. The van der Waals surface area contributed by atoms with Crippen LogP contribution in [0.3, 0.4) is 0 Å². The van der Waals surface area contributed by atoms with Crippen molar-refractivity contribution >= 4 is 21.8 Å². The molecule has 0 bridgehead atoms. The molecule has 0 atom stereocenters. The Morgan fingerprint density at radius 3 is 2.75 bits per heavy atom. The van der Waals surface area contributed by atoms with Crippen LogP contribution in [0.15, 0.2) is 24.3 Å². The predicted octanol–water partition coefficient (Wildman–Crippen LogP) is 2.41. The number of alkyl halides is 3. The molecule has 1 amide bonds. The number of carbonyl (C=O) groups is 1.